The van der Waals surface area contributed by atoms with Crippen LogP contribution in [0.5, 0.6) is 0 Å². The fourth-order valence-electron chi connectivity index (χ4n) is 2.40. The minimum absolute atomic E-state index is 0.154. The first-order chi connectivity index (χ1) is 9.09. The molecule has 0 radical (unpaired) electrons. The summed E-state index contributed by atoms with van der Waals surface area (Å²) in [6.45, 7) is 0.475. The van der Waals surface area contributed by atoms with Crippen LogP contribution in [-0.4, -0.2) is 38.0 Å². The van der Waals surface area contributed by atoms with E-state index < -0.39 is 16.9 Å². The molecule has 1 aliphatic rings. The molecule has 100 valence electrons. The molecule has 3 heterocycles. The van der Waals surface area contributed by atoms with Gasteiger partial charge >= 0.3 is 11.8 Å². The van der Waals surface area contributed by atoms with Crippen LogP contribution in [0.4, 0.5) is 11.6 Å². The molecule has 0 amide bonds. The van der Waals surface area contributed by atoms with Crippen LogP contribution in [0.1, 0.15) is 12.8 Å². The summed E-state index contributed by atoms with van der Waals surface area (Å²) < 4.78 is 1.39. The van der Waals surface area contributed by atoms with Gasteiger partial charge in [0.05, 0.1) is 0 Å². The highest BCUT2D eigenvalue weighted by Crippen LogP contribution is 2.35. The van der Waals surface area contributed by atoms with E-state index in [1.165, 1.54) is 20.6 Å². The first-order valence-corrected chi connectivity index (χ1v) is 6.57. The molecule has 2 aromatic heterocycles. The third kappa shape index (κ3) is 1.73. The molecular weight excluding hydrogens is 272 g/mol. The first kappa shape index (κ1) is 11.9. The lowest BCUT2D eigenvalue weighted by atomic mass is 10.2. The molecule has 1 N–H and O–H groups in total. The Morgan fingerprint density at radius 1 is 1.63 bits per heavy atom. The summed E-state index contributed by atoms with van der Waals surface area (Å²) in [6.07, 6.45) is 2.75. The minimum atomic E-state index is -0.969. The fourth-order valence-corrected chi connectivity index (χ4v) is 3.11. The number of nitrogens with zero attached hydrogens (tertiary/aromatic N) is 4. The van der Waals surface area contributed by atoms with Gasteiger partial charge in [0.25, 0.3) is 4.96 Å². The van der Waals surface area contributed by atoms with E-state index in [9.17, 15) is 14.9 Å². The normalized spacial score (nSPS) is 19.2. The first-order valence-electron chi connectivity index (χ1n) is 5.69. The maximum Gasteiger partial charge on any atom is 0.373 e. The number of carboxylic acids is 1. The third-order valence-electron chi connectivity index (χ3n) is 3.20. The number of anilines is 1. The molecule has 1 fully saturated rings. The predicted molar refractivity (Wildman–Crippen MR) is 67.7 cm³/mol. The topological polar surface area (TPSA) is 101 Å². The molecule has 0 spiro atoms. The summed E-state index contributed by atoms with van der Waals surface area (Å²) in [5, 5.41) is 22.1. The Balaban J connectivity index is 2.14. The zero-order valence-corrected chi connectivity index (χ0v) is 10.5. The zero-order valence-electron chi connectivity index (χ0n) is 9.72. The monoisotopic (exact) mass is 282 g/mol. The van der Waals surface area contributed by atoms with E-state index in [4.69, 9.17) is 5.11 Å². The van der Waals surface area contributed by atoms with Crippen LogP contribution in [0.25, 0.3) is 4.96 Å². The molecule has 8 nitrogen and oxygen atoms in total. The number of hydrogen-bond acceptors (Lipinski definition) is 6. The van der Waals surface area contributed by atoms with Gasteiger partial charge in [-0.15, -0.1) is 0 Å². The number of imidazole rings is 1. The Kier molecular flexibility index (Phi) is 2.63. The molecule has 0 unspecified atom stereocenters. The number of nitro groups is 1. The number of carbonyl (C=O) groups is 1. The quantitative estimate of drug-likeness (QED) is 0.673. The van der Waals surface area contributed by atoms with Crippen LogP contribution in [0, 0.1) is 10.1 Å². The standard InChI is InChI=1S/C10H10N4O4S/c15-9(16)6-2-1-3-12(6)7-8(14(17)18)13-4-5-19-10(13)11-7/h4-6H,1-3H2,(H,15,16)/t6-/m1/s1. The van der Waals surface area contributed by atoms with E-state index in [1.807, 2.05) is 0 Å². The third-order valence-corrected chi connectivity index (χ3v) is 3.96. The van der Waals surface area contributed by atoms with Gasteiger partial charge in [0.15, 0.2) is 0 Å². The number of fused-ring (bicyclic) bond motifs is 1. The molecule has 2 aromatic rings. The van der Waals surface area contributed by atoms with Gasteiger partial charge in [-0.25, -0.2) is 4.79 Å². The molecule has 1 saturated heterocycles. The van der Waals surface area contributed by atoms with Gasteiger partial charge in [0, 0.05) is 11.9 Å². The van der Waals surface area contributed by atoms with Gasteiger partial charge in [0.1, 0.15) is 12.2 Å². The molecular formula is C10H10N4O4S. The van der Waals surface area contributed by atoms with Gasteiger partial charge in [-0.3, -0.25) is 0 Å². The predicted octanol–water partition coefficient (Wildman–Crippen LogP) is 1.36. The van der Waals surface area contributed by atoms with Crippen molar-refractivity contribution in [1.29, 1.82) is 0 Å². The van der Waals surface area contributed by atoms with Crippen molar-refractivity contribution < 1.29 is 14.8 Å². The average molecular weight is 282 g/mol. The second-order valence-electron chi connectivity index (χ2n) is 4.26. The number of carboxylic acid groups (broad SMARTS) is 1. The number of thiazole rings is 1. The Bertz CT molecular complexity index is 664. The van der Waals surface area contributed by atoms with Gasteiger partial charge in [0.2, 0.25) is 5.82 Å². The molecule has 0 aliphatic carbocycles. The Hall–Kier alpha value is -2.16. The zero-order chi connectivity index (χ0) is 13.6. The largest absolute Gasteiger partial charge is 0.480 e. The molecule has 0 saturated carbocycles. The van der Waals surface area contributed by atoms with E-state index in [0.717, 1.165) is 0 Å². The van der Waals surface area contributed by atoms with E-state index in [1.54, 1.807) is 11.6 Å². The highest BCUT2D eigenvalue weighted by Gasteiger charge is 2.37. The van der Waals surface area contributed by atoms with Gasteiger partial charge in [-0.1, -0.05) is 11.3 Å². The highest BCUT2D eigenvalue weighted by atomic mass is 32.1. The Labute approximate surface area is 111 Å². The summed E-state index contributed by atoms with van der Waals surface area (Å²) in [5.74, 6) is -0.977. The second kappa shape index (κ2) is 4.19. The number of hydrogen-bond donors (Lipinski definition) is 1. The summed E-state index contributed by atoms with van der Waals surface area (Å²) in [4.78, 5) is 28.1. The van der Waals surface area contributed by atoms with Gasteiger partial charge in [-0.2, -0.15) is 9.38 Å². The number of rotatable bonds is 3. The van der Waals surface area contributed by atoms with Crippen molar-refractivity contribution in [1.82, 2.24) is 9.38 Å². The molecule has 1 aliphatic heterocycles. The van der Waals surface area contributed by atoms with E-state index in [-0.39, 0.29) is 11.6 Å². The molecule has 0 bridgehead atoms. The lowest BCUT2D eigenvalue weighted by Crippen LogP contribution is -2.36. The van der Waals surface area contributed by atoms with Crippen molar-refractivity contribution in [2.75, 3.05) is 11.4 Å². The van der Waals surface area contributed by atoms with Crippen molar-refractivity contribution >= 4 is 33.9 Å². The Morgan fingerprint density at radius 3 is 3.11 bits per heavy atom. The molecule has 1 atom stereocenters. The average Bonchev–Trinajstić information content (AvgIpc) is 3.01. The molecule has 0 aromatic carbocycles. The molecule has 3 rings (SSSR count). The van der Waals surface area contributed by atoms with Crippen molar-refractivity contribution in [3.05, 3.63) is 21.7 Å². The lowest BCUT2D eigenvalue weighted by molar-refractivity contribution is -0.389. The summed E-state index contributed by atoms with van der Waals surface area (Å²) in [7, 11) is 0. The van der Waals surface area contributed by atoms with E-state index >= 15 is 0 Å². The van der Waals surface area contributed by atoms with Crippen LogP contribution in [-0.2, 0) is 4.79 Å². The summed E-state index contributed by atoms with van der Waals surface area (Å²) >= 11 is 1.28. The maximum absolute atomic E-state index is 11.2. The van der Waals surface area contributed by atoms with Gasteiger partial charge in [-0.05, 0) is 17.8 Å². The second-order valence-corrected chi connectivity index (χ2v) is 5.13. The van der Waals surface area contributed by atoms with Gasteiger partial charge < -0.3 is 20.1 Å². The minimum Gasteiger partial charge on any atom is -0.480 e. The van der Waals surface area contributed by atoms with Crippen LogP contribution in [0.3, 0.4) is 0 Å². The van der Waals surface area contributed by atoms with Crippen LogP contribution in [0.2, 0.25) is 0 Å². The highest BCUT2D eigenvalue weighted by molar-refractivity contribution is 7.15. The summed E-state index contributed by atoms with van der Waals surface area (Å²) in [5.41, 5.74) is 0. The lowest BCUT2D eigenvalue weighted by Gasteiger charge is -2.20. The SMILES string of the molecule is O=C(O)[C@H]1CCCN1c1nc2sccn2c1[N+](=O)[O-]. The Morgan fingerprint density at radius 2 is 2.42 bits per heavy atom. The maximum atomic E-state index is 11.2. The van der Waals surface area contributed by atoms with E-state index in [0.29, 0.717) is 24.3 Å². The van der Waals surface area contributed by atoms with Crippen molar-refractivity contribution in [3.63, 3.8) is 0 Å². The van der Waals surface area contributed by atoms with Crippen molar-refractivity contribution in [3.8, 4) is 0 Å². The van der Waals surface area contributed by atoms with Crippen LogP contribution < -0.4 is 4.90 Å². The van der Waals surface area contributed by atoms with Crippen molar-refractivity contribution in [2.45, 2.75) is 18.9 Å². The molecule has 9 heteroatoms. The summed E-state index contributed by atoms with van der Waals surface area (Å²) in [6, 6.07) is -0.733. The number of aromatic nitrogens is 2. The smallest absolute Gasteiger partial charge is 0.373 e. The number of aliphatic carboxylic acids is 1. The molecule has 19 heavy (non-hydrogen) atoms. The van der Waals surface area contributed by atoms with E-state index in [2.05, 4.69) is 4.98 Å². The van der Waals surface area contributed by atoms with Crippen molar-refractivity contribution in [2.24, 2.45) is 0 Å². The van der Waals surface area contributed by atoms with Crippen LogP contribution >= 0.6 is 11.3 Å². The fraction of sp³-hybridized carbons (Fsp3) is 0.400. The van der Waals surface area contributed by atoms with Crippen LogP contribution in [0.15, 0.2) is 11.6 Å².